The molecule has 6 nitrogen and oxygen atoms in total. The van der Waals surface area contributed by atoms with Crippen LogP contribution >= 0.6 is 0 Å². The molecule has 1 aromatic rings. The number of piperidine rings is 2. The molecule has 0 atom stereocenters. The van der Waals surface area contributed by atoms with E-state index in [1.54, 1.807) is 6.20 Å². The summed E-state index contributed by atoms with van der Waals surface area (Å²) in [6.45, 7) is 3.13. The third-order valence-electron chi connectivity index (χ3n) is 6.47. The van der Waals surface area contributed by atoms with Crippen molar-refractivity contribution < 1.29 is 9.59 Å². The van der Waals surface area contributed by atoms with Crippen LogP contribution in [0, 0.1) is 5.41 Å². The number of carbonyl (C=O) groups is 2. The van der Waals surface area contributed by atoms with Gasteiger partial charge in [0.2, 0.25) is 11.8 Å². The molecule has 3 aliphatic rings. The van der Waals surface area contributed by atoms with Crippen molar-refractivity contribution in [2.75, 3.05) is 26.2 Å². The van der Waals surface area contributed by atoms with Gasteiger partial charge in [0, 0.05) is 45.0 Å². The first kappa shape index (κ1) is 17.5. The van der Waals surface area contributed by atoms with Crippen LogP contribution in [-0.4, -0.2) is 58.3 Å². The van der Waals surface area contributed by atoms with Gasteiger partial charge in [-0.2, -0.15) is 0 Å². The number of carbonyl (C=O) groups excluding carboxylic acids is 2. The summed E-state index contributed by atoms with van der Waals surface area (Å²) in [6.07, 6.45) is 9.66. The number of amides is 2. The first-order chi connectivity index (χ1) is 12.5. The summed E-state index contributed by atoms with van der Waals surface area (Å²) in [7, 11) is 0. The lowest BCUT2D eigenvalue weighted by molar-refractivity contribution is -0.143. The Morgan fingerprint density at radius 2 is 1.96 bits per heavy atom. The molecule has 0 unspecified atom stereocenters. The zero-order chi connectivity index (χ0) is 18.2. The molecule has 0 aromatic carbocycles. The lowest BCUT2D eigenvalue weighted by atomic mass is 9.72. The fraction of sp³-hybridized carbons (Fsp3) is 0.650. The Kier molecular flexibility index (Phi) is 4.47. The first-order valence-electron chi connectivity index (χ1n) is 9.75. The molecular formula is C20H28N4O2. The van der Waals surface area contributed by atoms with E-state index in [9.17, 15) is 9.59 Å². The van der Waals surface area contributed by atoms with Gasteiger partial charge in [0.15, 0.2) is 0 Å². The minimum Gasteiger partial charge on any atom is -0.342 e. The molecular weight excluding hydrogens is 328 g/mol. The highest BCUT2D eigenvalue weighted by Gasteiger charge is 2.50. The average Bonchev–Trinajstić information content (AvgIpc) is 3.42. The van der Waals surface area contributed by atoms with Gasteiger partial charge in [-0.05, 0) is 55.6 Å². The fourth-order valence-corrected chi connectivity index (χ4v) is 4.37. The van der Waals surface area contributed by atoms with Crippen LogP contribution in [0.1, 0.15) is 44.1 Å². The van der Waals surface area contributed by atoms with Gasteiger partial charge < -0.3 is 15.5 Å². The summed E-state index contributed by atoms with van der Waals surface area (Å²) in [5, 5.41) is 0. The van der Waals surface area contributed by atoms with E-state index in [4.69, 9.17) is 5.73 Å². The van der Waals surface area contributed by atoms with E-state index < -0.39 is 5.54 Å². The van der Waals surface area contributed by atoms with Crippen molar-refractivity contribution in [3.8, 4) is 0 Å². The van der Waals surface area contributed by atoms with Crippen LogP contribution in [0.5, 0.6) is 0 Å². The molecule has 4 rings (SSSR count). The monoisotopic (exact) mass is 356 g/mol. The topological polar surface area (TPSA) is 79.5 Å². The highest BCUT2D eigenvalue weighted by Crippen LogP contribution is 2.42. The number of hydrogen-bond donors (Lipinski definition) is 1. The van der Waals surface area contributed by atoms with Crippen LogP contribution in [0.4, 0.5) is 0 Å². The van der Waals surface area contributed by atoms with Crippen LogP contribution in [0.2, 0.25) is 0 Å². The third kappa shape index (κ3) is 3.47. The minimum atomic E-state index is -0.567. The number of nitrogens with two attached hydrogens (primary N) is 1. The molecule has 3 fully saturated rings. The molecule has 0 bridgehead atoms. The Balaban J connectivity index is 1.34. The number of nitrogens with zero attached hydrogens (tertiary/aromatic N) is 3. The molecule has 1 aliphatic carbocycles. The summed E-state index contributed by atoms with van der Waals surface area (Å²) in [4.78, 5) is 33.0. The lowest BCUT2D eigenvalue weighted by Crippen LogP contribution is -2.55. The van der Waals surface area contributed by atoms with E-state index in [2.05, 4.69) is 11.1 Å². The van der Waals surface area contributed by atoms with Gasteiger partial charge in [-0.15, -0.1) is 0 Å². The van der Waals surface area contributed by atoms with Crippen molar-refractivity contribution in [1.82, 2.24) is 14.8 Å². The van der Waals surface area contributed by atoms with Crippen LogP contribution < -0.4 is 5.73 Å². The van der Waals surface area contributed by atoms with E-state index >= 15 is 0 Å². The second-order valence-corrected chi connectivity index (χ2v) is 8.37. The average molecular weight is 356 g/mol. The van der Waals surface area contributed by atoms with Crippen molar-refractivity contribution >= 4 is 11.8 Å². The maximum absolute atomic E-state index is 12.5. The zero-order valence-electron chi connectivity index (χ0n) is 15.3. The SMILES string of the molecule is NC1(C(=O)N2CCC3(CCC(=O)N(CCc4cccnc4)C3)CC2)CC1. The Morgan fingerprint density at radius 3 is 2.62 bits per heavy atom. The predicted octanol–water partition coefficient (Wildman–Crippen LogP) is 1.35. The number of likely N-dealkylation sites (tertiary alicyclic amines) is 2. The van der Waals surface area contributed by atoms with E-state index in [1.165, 1.54) is 0 Å². The Morgan fingerprint density at radius 1 is 1.19 bits per heavy atom. The summed E-state index contributed by atoms with van der Waals surface area (Å²) < 4.78 is 0. The van der Waals surface area contributed by atoms with Crippen LogP contribution in [0.25, 0.3) is 0 Å². The van der Waals surface area contributed by atoms with Gasteiger partial charge in [0.25, 0.3) is 0 Å². The highest BCUT2D eigenvalue weighted by molar-refractivity contribution is 5.89. The molecule has 2 aliphatic heterocycles. The summed E-state index contributed by atoms with van der Waals surface area (Å²) in [6, 6.07) is 3.99. The number of aromatic nitrogens is 1. The normalized spacial score (nSPS) is 24.0. The molecule has 1 aromatic heterocycles. The molecule has 1 saturated carbocycles. The minimum absolute atomic E-state index is 0.132. The molecule has 3 heterocycles. The van der Waals surface area contributed by atoms with Gasteiger partial charge in [0.05, 0.1) is 5.54 Å². The Labute approximate surface area is 154 Å². The van der Waals surface area contributed by atoms with E-state index in [-0.39, 0.29) is 17.2 Å². The summed E-state index contributed by atoms with van der Waals surface area (Å²) in [5.74, 6) is 0.393. The largest absolute Gasteiger partial charge is 0.342 e. The molecule has 2 amide bonds. The summed E-state index contributed by atoms with van der Waals surface area (Å²) >= 11 is 0. The number of pyridine rings is 1. The van der Waals surface area contributed by atoms with Gasteiger partial charge in [0.1, 0.15) is 0 Å². The van der Waals surface area contributed by atoms with Crippen LogP contribution in [0.15, 0.2) is 24.5 Å². The van der Waals surface area contributed by atoms with Crippen molar-refractivity contribution in [2.45, 2.75) is 50.5 Å². The maximum Gasteiger partial charge on any atom is 0.242 e. The predicted molar refractivity (Wildman–Crippen MR) is 98.2 cm³/mol. The van der Waals surface area contributed by atoms with E-state index in [0.717, 1.165) is 70.3 Å². The first-order valence-corrected chi connectivity index (χ1v) is 9.75. The number of hydrogen-bond acceptors (Lipinski definition) is 4. The van der Waals surface area contributed by atoms with Gasteiger partial charge >= 0.3 is 0 Å². The van der Waals surface area contributed by atoms with E-state index in [0.29, 0.717) is 6.42 Å². The maximum atomic E-state index is 12.5. The Bertz CT molecular complexity index is 678. The second kappa shape index (κ2) is 6.65. The van der Waals surface area contributed by atoms with Gasteiger partial charge in [-0.1, -0.05) is 6.07 Å². The lowest BCUT2D eigenvalue weighted by Gasteiger charge is -2.47. The van der Waals surface area contributed by atoms with Crippen molar-refractivity contribution in [3.63, 3.8) is 0 Å². The molecule has 1 spiro atoms. The van der Waals surface area contributed by atoms with Crippen molar-refractivity contribution in [3.05, 3.63) is 30.1 Å². The molecule has 0 radical (unpaired) electrons. The molecule has 140 valence electrons. The second-order valence-electron chi connectivity index (χ2n) is 8.37. The van der Waals surface area contributed by atoms with Crippen LogP contribution in [-0.2, 0) is 16.0 Å². The molecule has 26 heavy (non-hydrogen) atoms. The zero-order valence-corrected chi connectivity index (χ0v) is 15.3. The van der Waals surface area contributed by atoms with E-state index in [1.807, 2.05) is 22.1 Å². The number of rotatable bonds is 4. The highest BCUT2D eigenvalue weighted by atomic mass is 16.2. The van der Waals surface area contributed by atoms with Gasteiger partial charge in [-0.3, -0.25) is 14.6 Å². The summed E-state index contributed by atoms with van der Waals surface area (Å²) in [5.41, 5.74) is 6.85. The molecule has 2 saturated heterocycles. The third-order valence-corrected chi connectivity index (χ3v) is 6.47. The smallest absolute Gasteiger partial charge is 0.242 e. The quantitative estimate of drug-likeness (QED) is 0.883. The molecule has 6 heteroatoms. The van der Waals surface area contributed by atoms with Crippen molar-refractivity contribution in [1.29, 1.82) is 0 Å². The molecule has 2 N–H and O–H groups in total. The van der Waals surface area contributed by atoms with Crippen molar-refractivity contribution in [2.24, 2.45) is 11.1 Å². The van der Waals surface area contributed by atoms with Gasteiger partial charge in [-0.25, -0.2) is 0 Å². The standard InChI is InChI=1S/C20H28N4O2/c21-20(6-7-20)18(26)23-12-8-19(9-13-23)5-3-17(25)24(15-19)11-4-16-2-1-10-22-14-16/h1-2,10,14H,3-9,11-13,15,21H2. The van der Waals surface area contributed by atoms with Crippen LogP contribution in [0.3, 0.4) is 0 Å². The Hall–Kier alpha value is -1.95. The fourth-order valence-electron chi connectivity index (χ4n) is 4.37.